The summed E-state index contributed by atoms with van der Waals surface area (Å²) in [4.78, 5) is 29.1. The van der Waals surface area contributed by atoms with E-state index in [2.05, 4.69) is 15.6 Å². The predicted molar refractivity (Wildman–Crippen MR) is 118 cm³/mol. The number of anilines is 3. The molecule has 0 saturated heterocycles. The van der Waals surface area contributed by atoms with Gasteiger partial charge in [-0.25, -0.2) is 13.8 Å². The lowest BCUT2D eigenvalue weighted by Gasteiger charge is -2.14. The first kappa shape index (κ1) is 22.7. The van der Waals surface area contributed by atoms with Gasteiger partial charge in [-0.2, -0.15) is 5.26 Å². The van der Waals surface area contributed by atoms with Crippen molar-refractivity contribution in [1.29, 1.82) is 5.26 Å². The summed E-state index contributed by atoms with van der Waals surface area (Å²) in [7, 11) is 0. The number of benzene rings is 2. The number of nitrogens with two attached hydrogens (primary N) is 1. The van der Waals surface area contributed by atoms with Gasteiger partial charge in [0.2, 0.25) is 5.91 Å². The summed E-state index contributed by atoms with van der Waals surface area (Å²) >= 11 is 0.943. The Morgan fingerprint density at radius 1 is 1.06 bits per heavy atom. The molecule has 3 aromatic rings. The number of halogens is 2. The van der Waals surface area contributed by atoms with Crippen LogP contribution in [0.2, 0.25) is 0 Å². The number of hydrogen-bond donors (Lipinski definition) is 3. The van der Waals surface area contributed by atoms with E-state index in [-0.39, 0.29) is 27.7 Å². The first-order valence-electron chi connectivity index (χ1n) is 9.28. The van der Waals surface area contributed by atoms with Crippen molar-refractivity contribution in [2.75, 3.05) is 16.4 Å². The Kier molecular flexibility index (Phi) is 7.02. The fourth-order valence-corrected chi connectivity index (χ4v) is 3.50. The molecule has 7 nitrogen and oxygen atoms in total. The molecule has 162 valence electrons. The molecule has 4 N–H and O–H groups in total. The average Bonchev–Trinajstić information content (AvgIpc) is 2.77. The molecule has 3 rings (SSSR count). The highest BCUT2D eigenvalue weighted by molar-refractivity contribution is 8.00. The molecule has 2 aromatic carbocycles. The zero-order valence-electron chi connectivity index (χ0n) is 16.7. The number of nitrogens with one attached hydrogen (secondary N) is 2. The largest absolute Gasteiger partial charge is 0.383 e. The second kappa shape index (κ2) is 9.89. The fraction of sp³-hybridized carbons (Fsp3) is 0.0909. The molecule has 1 heterocycles. The maximum absolute atomic E-state index is 13.3. The van der Waals surface area contributed by atoms with Crippen LogP contribution in [0.1, 0.15) is 22.8 Å². The van der Waals surface area contributed by atoms with Crippen LogP contribution in [0.4, 0.5) is 26.0 Å². The number of hydrogen-bond acceptors (Lipinski definition) is 6. The van der Waals surface area contributed by atoms with Crippen molar-refractivity contribution in [3.05, 3.63) is 77.4 Å². The SMILES string of the molecule is CC(Sc1nc(N)c(C(=O)Nc2ccccc2)cc1C#N)C(=O)Nc1ccc(F)c(F)c1. The number of thioether (sulfide) groups is 1. The summed E-state index contributed by atoms with van der Waals surface area (Å²) in [6.07, 6.45) is 0. The van der Waals surface area contributed by atoms with E-state index in [1.54, 1.807) is 37.3 Å². The van der Waals surface area contributed by atoms with Crippen LogP contribution >= 0.6 is 11.8 Å². The lowest BCUT2D eigenvalue weighted by molar-refractivity contribution is -0.115. The summed E-state index contributed by atoms with van der Waals surface area (Å²) in [5.74, 6) is -3.27. The first-order chi connectivity index (χ1) is 15.3. The number of nitrogens with zero attached hydrogens (tertiary/aromatic N) is 2. The van der Waals surface area contributed by atoms with E-state index in [9.17, 15) is 23.6 Å². The number of pyridine rings is 1. The van der Waals surface area contributed by atoms with Crippen LogP contribution in [0.15, 0.2) is 59.6 Å². The van der Waals surface area contributed by atoms with Crippen LogP contribution in [0.3, 0.4) is 0 Å². The quantitative estimate of drug-likeness (QED) is 0.482. The summed E-state index contributed by atoms with van der Waals surface area (Å²) < 4.78 is 26.4. The highest BCUT2D eigenvalue weighted by atomic mass is 32.2. The maximum atomic E-state index is 13.3. The van der Waals surface area contributed by atoms with E-state index < -0.39 is 28.7 Å². The summed E-state index contributed by atoms with van der Waals surface area (Å²) in [6.45, 7) is 1.55. The Hall–Kier alpha value is -3.97. The molecule has 0 aliphatic heterocycles. The van der Waals surface area contributed by atoms with Gasteiger partial charge in [-0.05, 0) is 37.3 Å². The van der Waals surface area contributed by atoms with Crippen LogP contribution in [0, 0.1) is 23.0 Å². The average molecular weight is 453 g/mol. The number of carbonyl (C=O) groups excluding carboxylic acids is 2. The van der Waals surface area contributed by atoms with Crippen LogP contribution in [0.5, 0.6) is 0 Å². The Labute approximate surface area is 186 Å². The number of carbonyl (C=O) groups is 2. The minimum absolute atomic E-state index is 0.0219. The Balaban J connectivity index is 1.75. The molecular weight excluding hydrogens is 436 g/mol. The minimum Gasteiger partial charge on any atom is -0.383 e. The van der Waals surface area contributed by atoms with Gasteiger partial charge in [0.25, 0.3) is 5.91 Å². The lowest BCUT2D eigenvalue weighted by atomic mass is 10.2. The lowest BCUT2D eigenvalue weighted by Crippen LogP contribution is -2.23. The zero-order chi connectivity index (χ0) is 23.3. The molecule has 0 spiro atoms. The highest BCUT2D eigenvalue weighted by Gasteiger charge is 2.21. The third kappa shape index (κ3) is 5.39. The second-order valence-corrected chi connectivity index (χ2v) is 7.91. The standard InChI is InChI=1S/C22H17F2N5O2S/c1-12(20(30)28-15-7-8-17(23)18(24)10-15)32-22-13(11-25)9-16(19(26)29-22)21(31)27-14-5-3-2-4-6-14/h2-10,12H,1H3,(H2,26,29)(H,27,31)(H,28,30). The van der Waals surface area contributed by atoms with E-state index in [0.29, 0.717) is 5.69 Å². The maximum Gasteiger partial charge on any atom is 0.259 e. The van der Waals surface area contributed by atoms with Gasteiger partial charge >= 0.3 is 0 Å². The molecule has 0 saturated carbocycles. The number of amides is 2. The molecule has 0 fully saturated rings. The van der Waals surface area contributed by atoms with Crippen LogP contribution in [-0.4, -0.2) is 22.0 Å². The Morgan fingerprint density at radius 3 is 2.44 bits per heavy atom. The summed E-state index contributed by atoms with van der Waals surface area (Å²) in [5, 5.41) is 14.0. The van der Waals surface area contributed by atoms with Crippen molar-refractivity contribution in [2.24, 2.45) is 0 Å². The van der Waals surface area contributed by atoms with Crippen molar-refractivity contribution < 1.29 is 18.4 Å². The van der Waals surface area contributed by atoms with Crippen molar-refractivity contribution in [2.45, 2.75) is 17.2 Å². The van der Waals surface area contributed by atoms with Crippen LogP contribution in [-0.2, 0) is 4.79 Å². The monoisotopic (exact) mass is 453 g/mol. The predicted octanol–water partition coefficient (Wildman–Crippen LogP) is 4.19. The topological polar surface area (TPSA) is 121 Å². The highest BCUT2D eigenvalue weighted by Crippen LogP contribution is 2.29. The Morgan fingerprint density at radius 2 is 1.78 bits per heavy atom. The van der Waals surface area contributed by atoms with Gasteiger partial charge in [-0.3, -0.25) is 9.59 Å². The first-order valence-corrected chi connectivity index (χ1v) is 10.2. The van der Waals surface area contributed by atoms with Crippen molar-refractivity contribution in [3.63, 3.8) is 0 Å². The Bertz CT molecular complexity index is 1210. The molecule has 10 heteroatoms. The molecule has 1 unspecified atom stereocenters. The van der Waals surface area contributed by atoms with E-state index in [1.807, 2.05) is 6.07 Å². The van der Waals surface area contributed by atoms with Gasteiger partial charge in [0.1, 0.15) is 16.9 Å². The van der Waals surface area contributed by atoms with Gasteiger partial charge < -0.3 is 16.4 Å². The number of rotatable bonds is 6. The van der Waals surface area contributed by atoms with Gasteiger partial charge in [0.15, 0.2) is 11.6 Å². The van der Waals surface area contributed by atoms with Crippen molar-refractivity contribution in [1.82, 2.24) is 4.98 Å². The normalized spacial score (nSPS) is 11.3. The molecule has 0 aliphatic carbocycles. The van der Waals surface area contributed by atoms with E-state index in [1.165, 1.54) is 12.1 Å². The number of nitrogen functional groups attached to an aromatic ring is 1. The minimum atomic E-state index is -1.09. The van der Waals surface area contributed by atoms with Gasteiger partial charge in [-0.1, -0.05) is 30.0 Å². The van der Waals surface area contributed by atoms with Crippen LogP contribution < -0.4 is 16.4 Å². The van der Waals surface area contributed by atoms with Gasteiger partial charge in [0.05, 0.1) is 16.4 Å². The molecular formula is C22H17F2N5O2S. The zero-order valence-corrected chi connectivity index (χ0v) is 17.5. The third-order valence-electron chi connectivity index (χ3n) is 4.26. The molecule has 32 heavy (non-hydrogen) atoms. The number of para-hydroxylation sites is 1. The van der Waals surface area contributed by atoms with Crippen molar-refractivity contribution >= 4 is 40.8 Å². The molecule has 1 atom stereocenters. The third-order valence-corrected chi connectivity index (χ3v) is 5.36. The van der Waals surface area contributed by atoms with Crippen molar-refractivity contribution in [3.8, 4) is 6.07 Å². The molecule has 1 aromatic heterocycles. The van der Waals surface area contributed by atoms with Crippen LogP contribution in [0.25, 0.3) is 0 Å². The second-order valence-electron chi connectivity index (χ2n) is 6.58. The summed E-state index contributed by atoms with van der Waals surface area (Å²) in [5.41, 5.74) is 6.66. The van der Waals surface area contributed by atoms with E-state index >= 15 is 0 Å². The number of nitriles is 1. The van der Waals surface area contributed by atoms with Gasteiger partial charge in [0, 0.05) is 17.4 Å². The van der Waals surface area contributed by atoms with E-state index in [4.69, 9.17) is 5.73 Å². The van der Waals surface area contributed by atoms with Gasteiger partial charge in [-0.15, -0.1) is 0 Å². The van der Waals surface area contributed by atoms with E-state index in [0.717, 1.165) is 23.9 Å². The number of aromatic nitrogens is 1. The molecule has 0 aliphatic rings. The molecule has 0 bridgehead atoms. The fourth-order valence-electron chi connectivity index (χ4n) is 2.62. The summed E-state index contributed by atoms with van der Waals surface area (Å²) in [6, 6.07) is 15.0. The molecule has 2 amide bonds. The molecule has 0 radical (unpaired) electrons. The smallest absolute Gasteiger partial charge is 0.259 e.